The Balaban J connectivity index is 1.86. The quantitative estimate of drug-likeness (QED) is 0.897. The van der Waals surface area contributed by atoms with Crippen LogP contribution in [0.5, 0.6) is 0 Å². The van der Waals surface area contributed by atoms with Crippen molar-refractivity contribution >= 4 is 5.95 Å². The summed E-state index contributed by atoms with van der Waals surface area (Å²) in [6.45, 7) is 8.53. The van der Waals surface area contributed by atoms with E-state index in [4.69, 9.17) is 0 Å². The van der Waals surface area contributed by atoms with Crippen molar-refractivity contribution in [1.29, 1.82) is 0 Å². The predicted octanol–water partition coefficient (Wildman–Crippen LogP) is 2.99. The zero-order valence-electron chi connectivity index (χ0n) is 12.9. The highest BCUT2D eigenvalue weighted by molar-refractivity contribution is 5.29. The molecule has 0 amide bonds. The normalized spacial score (nSPS) is 17.1. The molecule has 0 bridgehead atoms. The fourth-order valence-corrected chi connectivity index (χ4v) is 2.56. The van der Waals surface area contributed by atoms with Gasteiger partial charge < -0.3 is 10.2 Å². The van der Waals surface area contributed by atoms with Gasteiger partial charge in [0.2, 0.25) is 5.95 Å². The Morgan fingerprint density at radius 1 is 1.05 bits per heavy atom. The Labute approximate surface area is 123 Å². The first-order valence-electron chi connectivity index (χ1n) is 8.02. The number of rotatable bonds is 5. The van der Waals surface area contributed by atoms with Gasteiger partial charge >= 0.3 is 0 Å². The van der Waals surface area contributed by atoms with Crippen molar-refractivity contribution in [3.63, 3.8) is 0 Å². The minimum atomic E-state index is 0.677. The van der Waals surface area contributed by atoms with Crippen molar-refractivity contribution in [1.82, 2.24) is 15.3 Å². The molecule has 0 aliphatic carbocycles. The third-order valence-electron chi connectivity index (χ3n) is 3.71. The topological polar surface area (TPSA) is 41.1 Å². The van der Waals surface area contributed by atoms with Crippen molar-refractivity contribution in [2.45, 2.75) is 52.5 Å². The lowest BCUT2D eigenvalue weighted by Gasteiger charge is -2.24. The second-order valence-electron chi connectivity index (χ2n) is 6.17. The molecule has 1 aliphatic heterocycles. The molecule has 2 rings (SSSR count). The molecule has 112 valence electrons. The summed E-state index contributed by atoms with van der Waals surface area (Å²) in [6.07, 6.45) is 10.5. The van der Waals surface area contributed by atoms with Gasteiger partial charge in [0.1, 0.15) is 0 Å². The lowest BCUT2D eigenvalue weighted by Crippen LogP contribution is -2.28. The summed E-state index contributed by atoms with van der Waals surface area (Å²) in [5.74, 6) is 1.58. The molecule has 1 N–H and O–H groups in total. The smallest absolute Gasteiger partial charge is 0.225 e. The minimum absolute atomic E-state index is 0.677. The molecule has 4 nitrogen and oxygen atoms in total. The Hall–Kier alpha value is -1.16. The lowest BCUT2D eigenvalue weighted by atomic mass is 10.1. The molecule has 0 radical (unpaired) electrons. The van der Waals surface area contributed by atoms with Gasteiger partial charge in [-0.2, -0.15) is 0 Å². The number of nitrogens with one attached hydrogen (secondary N) is 1. The third-order valence-corrected chi connectivity index (χ3v) is 3.71. The standard InChI is InChI=1S/C16H28N4/c1-14(2)10-17-11-15-12-18-16(19-13-15)20-8-6-4-3-5-7-9-20/h12-14,17H,3-11H2,1-2H3. The van der Waals surface area contributed by atoms with E-state index in [1.165, 1.54) is 37.7 Å². The molecule has 0 saturated carbocycles. The summed E-state index contributed by atoms with van der Waals surface area (Å²) in [4.78, 5) is 11.4. The van der Waals surface area contributed by atoms with E-state index in [1.54, 1.807) is 0 Å². The van der Waals surface area contributed by atoms with Crippen molar-refractivity contribution in [2.75, 3.05) is 24.5 Å². The van der Waals surface area contributed by atoms with Gasteiger partial charge in [-0.05, 0) is 25.3 Å². The van der Waals surface area contributed by atoms with Crippen LogP contribution in [0.3, 0.4) is 0 Å². The molecule has 0 spiro atoms. The largest absolute Gasteiger partial charge is 0.341 e. The predicted molar refractivity (Wildman–Crippen MR) is 83.9 cm³/mol. The first-order chi connectivity index (χ1) is 9.75. The Morgan fingerprint density at radius 3 is 2.25 bits per heavy atom. The van der Waals surface area contributed by atoms with Crippen LogP contribution in [-0.4, -0.2) is 29.6 Å². The van der Waals surface area contributed by atoms with Crippen LogP contribution in [0.25, 0.3) is 0 Å². The lowest BCUT2D eigenvalue weighted by molar-refractivity contribution is 0.546. The van der Waals surface area contributed by atoms with E-state index in [2.05, 4.69) is 34.0 Å². The molecule has 2 heterocycles. The van der Waals surface area contributed by atoms with Crippen LogP contribution < -0.4 is 10.2 Å². The van der Waals surface area contributed by atoms with E-state index in [0.717, 1.165) is 32.1 Å². The summed E-state index contributed by atoms with van der Waals surface area (Å²) >= 11 is 0. The molecule has 1 aromatic heterocycles. The molecule has 1 aliphatic rings. The maximum atomic E-state index is 4.55. The number of aromatic nitrogens is 2. The van der Waals surface area contributed by atoms with E-state index in [-0.39, 0.29) is 0 Å². The number of hydrogen-bond acceptors (Lipinski definition) is 4. The van der Waals surface area contributed by atoms with Gasteiger partial charge in [0.15, 0.2) is 0 Å². The molecule has 1 aromatic rings. The molecule has 20 heavy (non-hydrogen) atoms. The van der Waals surface area contributed by atoms with Gasteiger partial charge in [-0.1, -0.05) is 33.1 Å². The fourth-order valence-electron chi connectivity index (χ4n) is 2.56. The molecule has 4 heteroatoms. The molecule has 1 fully saturated rings. The summed E-state index contributed by atoms with van der Waals surface area (Å²) in [5.41, 5.74) is 1.17. The van der Waals surface area contributed by atoms with Gasteiger partial charge in [-0.15, -0.1) is 0 Å². The summed E-state index contributed by atoms with van der Waals surface area (Å²) in [5, 5.41) is 3.42. The third kappa shape index (κ3) is 5.08. The monoisotopic (exact) mass is 276 g/mol. The van der Waals surface area contributed by atoms with E-state index in [1.807, 2.05) is 12.4 Å². The molecule has 0 aromatic carbocycles. The zero-order chi connectivity index (χ0) is 14.2. The number of nitrogens with zero attached hydrogens (tertiary/aromatic N) is 3. The van der Waals surface area contributed by atoms with Crippen LogP contribution in [0.4, 0.5) is 5.95 Å². The highest BCUT2D eigenvalue weighted by Gasteiger charge is 2.11. The average molecular weight is 276 g/mol. The maximum absolute atomic E-state index is 4.55. The van der Waals surface area contributed by atoms with Gasteiger partial charge in [-0.25, -0.2) is 9.97 Å². The summed E-state index contributed by atoms with van der Waals surface area (Å²) in [7, 11) is 0. The number of hydrogen-bond donors (Lipinski definition) is 1. The van der Waals surface area contributed by atoms with Crippen molar-refractivity contribution < 1.29 is 0 Å². The van der Waals surface area contributed by atoms with Crippen LogP contribution in [0, 0.1) is 5.92 Å². The average Bonchev–Trinajstić information content (AvgIpc) is 2.39. The zero-order valence-corrected chi connectivity index (χ0v) is 12.9. The van der Waals surface area contributed by atoms with Crippen LogP contribution in [0.15, 0.2) is 12.4 Å². The molecular formula is C16H28N4. The summed E-state index contributed by atoms with van der Waals surface area (Å²) in [6, 6.07) is 0. The van der Waals surface area contributed by atoms with Gasteiger partial charge in [0.05, 0.1) is 0 Å². The first kappa shape index (κ1) is 15.2. The van der Waals surface area contributed by atoms with Crippen molar-refractivity contribution in [3.05, 3.63) is 18.0 Å². The molecular weight excluding hydrogens is 248 g/mol. The highest BCUT2D eigenvalue weighted by atomic mass is 15.2. The van der Waals surface area contributed by atoms with Crippen LogP contribution in [0.2, 0.25) is 0 Å². The molecule has 0 atom stereocenters. The maximum Gasteiger partial charge on any atom is 0.225 e. The highest BCUT2D eigenvalue weighted by Crippen LogP contribution is 2.15. The van der Waals surface area contributed by atoms with Gasteiger partial charge in [0.25, 0.3) is 0 Å². The van der Waals surface area contributed by atoms with E-state index >= 15 is 0 Å². The minimum Gasteiger partial charge on any atom is -0.341 e. The Morgan fingerprint density at radius 2 is 1.65 bits per heavy atom. The van der Waals surface area contributed by atoms with E-state index in [9.17, 15) is 0 Å². The van der Waals surface area contributed by atoms with Crippen LogP contribution in [-0.2, 0) is 6.54 Å². The summed E-state index contributed by atoms with van der Waals surface area (Å²) < 4.78 is 0. The van der Waals surface area contributed by atoms with E-state index in [0.29, 0.717) is 5.92 Å². The van der Waals surface area contributed by atoms with E-state index < -0.39 is 0 Å². The molecule has 0 unspecified atom stereocenters. The first-order valence-corrected chi connectivity index (χ1v) is 8.02. The molecule has 1 saturated heterocycles. The van der Waals surface area contributed by atoms with Gasteiger partial charge in [0, 0.05) is 37.6 Å². The number of anilines is 1. The Kier molecular flexibility index (Phi) is 6.25. The van der Waals surface area contributed by atoms with Crippen molar-refractivity contribution in [3.8, 4) is 0 Å². The SMILES string of the molecule is CC(C)CNCc1cnc(N2CCCCCCC2)nc1. The van der Waals surface area contributed by atoms with Gasteiger partial charge in [-0.3, -0.25) is 0 Å². The fraction of sp³-hybridized carbons (Fsp3) is 0.750. The second-order valence-corrected chi connectivity index (χ2v) is 6.17. The Bertz CT molecular complexity index is 367. The van der Waals surface area contributed by atoms with Crippen LogP contribution >= 0.6 is 0 Å². The van der Waals surface area contributed by atoms with Crippen LogP contribution in [0.1, 0.15) is 51.5 Å². The second kappa shape index (κ2) is 8.20. The van der Waals surface area contributed by atoms with Crippen molar-refractivity contribution in [2.24, 2.45) is 5.92 Å².